The van der Waals surface area contributed by atoms with E-state index in [1.54, 1.807) is 0 Å². The fourth-order valence-electron chi connectivity index (χ4n) is 8.47. The molecule has 0 aliphatic heterocycles. The van der Waals surface area contributed by atoms with Crippen molar-refractivity contribution in [3.05, 3.63) is 200 Å². The van der Waals surface area contributed by atoms with Gasteiger partial charge in [0.25, 0.3) is 0 Å². The number of fused-ring (bicyclic) bond motifs is 6. The Morgan fingerprint density at radius 2 is 0.961 bits per heavy atom. The summed E-state index contributed by atoms with van der Waals surface area (Å²) in [5.74, 6) is 0. The van der Waals surface area contributed by atoms with Gasteiger partial charge >= 0.3 is 0 Å². The maximum absolute atomic E-state index is 2.88. The molecule has 2 heterocycles. The second kappa shape index (κ2) is 12.1. The van der Waals surface area contributed by atoms with Gasteiger partial charge in [-0.1, -0.05) is 164 Å². The molecule has 0 atom stereocenters. The van der Waals surface area contributed by atoms with Gasteiger partial charge in [0.05, 0.1) is 11.0 Å². The lowest BCUT2D eigenvalue weighted by Gasteiger charge is -2.35. The third-order valence-electron chi connectivity index (χ3n) is 10.5. The fraction of sp³-hybridized carbons (Fsp3) is 0. The molecule has 10 aromatic rings. The molecule has 10 rings (SSSR count). The number of aromatic nitrogens is 1. The van der Waals surface area contributed by atoms with Crippen LogP contribution in [0, 0.1) is 0 Å². The summed E-state index contributed by atoms with van der Waals surface area (Å²) in [6.07, 6.45) is 0. The van der Waals surface area contributed by atoms with Crippen molar-refractivity contribution >= 4 is 82.1 Å². The number of thiophene rings is 1. The number of benzene rings is 8. The van der Waals surface area contributed by atoms with E-state index in [9.17, 15) is 0 Å². The van der Waals surface area contributed by atoms with Gasteiger partial charge in [0.2, 0.25) is 0 Å². The summed E-state index contributed by atoms with van der Waals surface area (Å²) in [5, 5.41) is 10.9. The van der Waals surface area contributed by atoms with Crippen LogP contribution in [-0.4, -0.2) is 12.6 Å². The fourth-order valence-corrected chi connectivity index (χ4v) is 14.7. The van der Waals surface area contributed by atoms with Crippen LogP contribution in [0.5, 0.6) is 0 Å². The minimum Gasteiger partial charge on any atom is -0.309 e. The van der Waals surface area contributed by atoms with Crippen LogP contribution < -0.4 is 20.7 Å². The Labute approximate surface area is 302 Å². The Bertz CT molecular complexity index is 2810. The highest BCUT2D eigenvalue weighted by molar-refractivity contribution is 7.27. The number of hydrogen-bond donors (Lipinski definition) is 0. The van der Waals surface area contributed by atoms with Crippen LogP contribution in [0.15, 0.2) is 200 Å². The van der Waals surface area contributed by atoms with E-state index in [1.807, 2.05) is 11.3 Å². The zero-order valence-electron chi connectivity index (χ0n) is 27.9. The topological polar surface area (TPSA) is 4.93 Å². The van der Waals surface area contributed by atoms with Crippen LogP contribution in [0.4, 0.5) is 0 Å². The SMILES string of the molecule is c1ccc(-n2c3ccccc3c3c(-c4cccc([Si](c5ccccc5)(c5ccccc5)c5cccc6sc7ccccc7c56)c4)cccc32)cc1. The summed E-state index contributed by atoms with van der Waals surface area (Å²) in [5.41, 5.74) is 6.10. The van der Waals surface area contributed by atoms with E-state index in [2.05, 4.69) is 205 Å². The maximum atomic E-state index is 2.52. The molecule has 0 amide bonds. The number of para-hydroxylation sites is 2. The van der Waals surface area contributed by atoms with Gasteiger partial charge in [0.1, 0.15) is 0 Å². The number of nitrogens with zero attached hydrogens (tertiary/aromatic N) is 1. The van der Waals surface area contributed by atoms with Crippen LogP contribution in [0.1, 0.15) is 0 Å². The summed E-state index contributed by atoms with van der Waals surface area (Å²) in [4.78, 5) is 0. The van der Waals surface area contributed by atoms with Crippen LogP contribution in [0.25, 0.3) is 58.8 Å². The Balaban J connectivity index is 1.31. The Morgan fingerprint density at radius 3 is 1.73 bits per heavy atom. The molecule has 2 aromatic heterocycles. The molecule has 3 heteroatoms. The Hall–Kier alpha value is -6.00. The first kappa shape index (κ1) is 29.9. The Kier molecular flexibility index (Phi) is 7.09. The minimum absolute atomic E-state index is 1.17. The summed E-state index contributed by atoms with van der Waals surface area (Å²) >= 11 is 1.90. The van der Waals surface area contributed by atoms with E-state index in [0.717, 1.165) is 0 Å². The average Bonchev–Trinajstić information content (AvgIpc) is 3.76. The minimum atomic E-state index is -2.88. The highest BCUT2D eigenvalue weighted by Crippen LogP contribution is 2.39. The van der Waals surface area contributed by atoms with Crippen molar-refractivity contribution in [2.24, 2.45) is 0 Å². The van der Waals surface area contributed by atoms with Crippen molar-refractivity contribution in [1.82, 2.24) is 4.57 Å². The van der Waals surface area contributed by atoms with Crippen molar-refractivity contribution in [2.45, 2.75) is 0 Å². The van der Waals surface area contributed by atoms with Crippen molar-refractivity contribution in [1.29, 1.82) is 0 Å². The molecule has 0 bridgehead atoms. The normalized spacial score (nSPS) is 11.9. The monoisotopic (exact) mass is 683 g/mol. The van der Waals surface area contributed by atoms with Crippen molar-refractivity contribution in [2.75, 3.05) is 0 Å². The highest BCUT2D eigenvalue weighted by Gasteiger charge is 2.43. The zero-order chi connectivity index (χ0) is 33.8. The predicted molar refractivity (Wildman–Crippen MR) is 223 cm³/mol. The second-order valence-corrected chi connectivity index (χ2v) is 18.1. The summed E-state index contributed by atoms with van der Waals surface area (Å²) < 4.78 is 5.08. The molecule has 0 aliphatic carbocycles. The molecule has 0 fully saturated rings. The van der Waals surface area contributed by atoms with E-state index < -0.39 is 8.07 Å². The van der Waals surface area contributed by atoms with E-state index in [4.69, 9.17) is 0 Å². The van der Waals surface area contributed by atoms with Crippen LogP contribution >= 0.6 is 11.3 Å². The summed E-state index contributed by atoms with van der Waals surface area (Å²) in [6, 6.07) is 74.5. The lowest BCUT2D eigenvalue weighted by Crippen LogP contribution is -2.74. The van der Waals surface area contributed by atoms with Gasteiger partial charge < -0.3 is 4.57 Å². The van der Waals surface area contributed by atoms with Crippen LogP contribution in [0.2, 0.25) is 0 Å². The molecule has 8 aromatic carbocycles. The lowest BCUT2D eigenvalue weighted by molar-refractivity contribution is 1.18. The summed E-state index contributed by atoms with van der Waals surface area (Å²) in [6.45, 7) is 0. The smallest absolute Gasteiger partial charge is 0.180 e. The highest BCUT2D eigenvalue weighted by atomic mass is 32.1. The first-order valence-electron chi connectivity index (χ1n) is 17.5. The number of rotatable bonds is 6. The standard InChI is InChI=1S/C48H33NSSi/c1-4-18-35(19-5-1)49-42-28-12-10-25-40(42)47-39(27-15-29-43(47)49)34-17-14-24-38(33-34)51(36-20-6-2-7-21-36,37-22-8-3-9-23-37)46-32-16-31-45-48(46)41-26-11-13-30-44(41)50-45/h1-33H. The largest absolute Gasteiger partial charge is 0.309 e. The van der Waals surface area contributed by atoms with Crippen LogP contribution in [-0.2, 0) is 0 Å². The molecular weight excluding hydrogens is 651 g/mol. The molecule has 0 aliphatic rings. The molecule has 0 unspecified atom stereocenters. The molecule has 0 spiro atoms. The first-order chi connectivity index (χ1) is 25.3. The van der Waals surface area contributed by atoms with Crippen molar-refractivity contribution in [3.8, 4) is 16.8 Å². The molecular formula is C48H33NSSi. The molecule has 0 N–H and O–H groups in total. The van der Waals surface area contributed by atoms with Gasteiger partial charge in [-0.2, -0.15) is 0 Å². The van der Waals surface area contributed by atoms with Gasteiger partial charge in [0.15, 0.2) is 8.07 Å². The average molecular weight is 684 g/mol. The Morgan fingerprint density at radius 1 is 0.392 bits per heavy atom. The van der Waals surface area contributed by atoms with Gasteiger partial charge in [-0.25, -0.2) is 0 Å². The van der Waals surface area contributed by atoms with E-state index >= 15 is 0 Å². The molecule has 1 nitrogen and oxygen atoms in total. The predicted octanol–water partition coefficient (Wildman–Crippen LogP) is 10.2. The van der Waals surface area contributed by atoms with Crippen LogP contribution in [0.3, 0.4) is 0 Å². The molecule has 51 heavy (non-hydrogen) atoms. The van der Waals surface area contributed by atoms with E-state index in [0.29, 0.717) is 0 Å². The third kappa shape index (κ3) is 4.59. The maximum Gasteiger partial charge on any atom is 0.180 e. The third-order valence-corrected chi connectivity index (χ3v) is 16.5. The van der Waals surface area contributed by atoms with Gasteiger partial charge in [-0.15, -0.1) is 11.3 Å². The molecule has 240 valence electrons. The van der Waals surface area contributed by atoms with Gasteiger partial charge in [0, 0.05) is 36.6 Å². The number of hydrogen-bond acceptors (Lipinski definition) is 1. The quantitative estimate of drug-likeness (QED) is 0.121. The van der Waals surface area contributed by atoms with Gasteiger partial charge in [-0.3, -0.25) is 0 Å². The van der Waals surface area contributed by atoms with Crippen molar-refractivity contribution in [3.63, 3.8) is 0 Å². The zero-order valence-corrected chi connectivity index (χ0v) is 29.7. The molecule has 0 radical (unpaired) electrons. The lowest BCUT2D eigenvalue weighted by atomic mass is 9.99. The first-order valence-corrected chi connectivity index (χ1v) is 20.3. The van der Waals surface area contributed by atoms with E-state index in [1.165, 1.54) is 79.5 Å². The van der Waals surface area contributed by atoms with Gasteiger partial charge in [-0.05, 0) is 68.3 Å². The molecule has 0 saturated carbocycles. The summed E-state index contributed by atoms with van der Waals surface area (Å²) in [7, 11) is -2.88. The van der Waals surface area contributed by atoms with Crippen molar-refractivity contribution < 1.29 is 0 Å². The van der Waals surface area contributed by atoms with E-state index in [-0.39, 0.29) is 0 Å². The second-order valence-electron chi connectivity index (χ2n) is 13.2. The molecule has 0 saturated heterocycles.